The summed E-state index contributed by atoms with van der Waals surface area (Å²) in [4.78, 5) is 11.2. The van der Waals surface area contributed by atoms with Crippen LogP contribution in [0.5, 0.6) is 0 Å². The second kappa shape index (κ2) is 7.64. The van der Waals surface area contributed by atoms with Gasteiger partial charge in [0, 0.05) is 36.6 Å². The Morgan fingerprint density at radius 3 is 2.65 bits per heavy atom. The molecule has 1 unspecified atom stereocenters. The van der Waals surface area contributed by atoms with Gasteiger partial charge in [0.25, 0.3) is 0 Å². The van der Waals surface area contributed by atoms with Crippen LogP contribution in [-0.4, -0.2) is 54.4 Å². The maximum atomic E-state index is 5.68. The molecule has 2 heterocycles. The maximum Gasteiger partial charge on any atom is 0.159 e. The van der Waals surface area contributed by atoms with Crippen LogP contribution in [0.2, 0.25) is 0 Å². The lowest BCUT2D eigenvalue weighted by Crippen LogP contribution is -2.38. The molecule has 2 aromatic rings. The monoisotopic (exact) mass is 313 g/mol. The van der Waals surface area contributed by atoms with Gasteiger partial charge in [0.1, 0.15) is 0 Å². The number of rotatable bonds is 5. The quantitative estimate of drug-likeness (QED) is 0.847. The van der Waals surface area contributed by atoms with Crippen molar-refractivity contribution < 1.29 is 9.47 Å². The van der Waals surface area contributed by atoms with Crippen molar-refractivity contribution in [3.63, 3.8) is 0 Å². The molecular formula is C18H23N3O2. The molecule has 1 aliphatic rings. The Balaban J connectivity index is 1.60. The molecule has 0 radical (unpaired) electrons. The lowest BCUT2D eigenvalue weighted by atomic mass is 10.1. The van der Waals surface area contributed by atoms with E-state index < -0.39 is 0 Å². The van der Waals surface area contributed by atoms with Gasteiger partial charge >= 0.3 is 0 Å². The standard InChI is InChI=1S/C18H23N3O2/c1-14-5-3-4-6-17(14)18-19-9-15(10-20-18)11-21(2)12-16-13-22-7-8-23-16/h3-6,9-10,16H,7-8,11-13H2,1-2H3. The molecule has 23 heavy (non-hydrogen) atoms. The smallest absolute Gasteiger partial charge is 0.159 e. The van der Waals surface area contributed by atoms with E-state index in [9.17, 15) is 0 Å². The van der Waals surface area contributed by atoms with Crippen molar-refractivity contribution in [3.8, 4) is 11.4 Å². The summed E-state index contributed by atoms with van der Waals surface area (Å²) in [6.45, 7) is 5.79. The number of ether oxygens (including phenoxy) is 2. The molecule has 0 bridgehead atoms. The van der Waals surface area contributed by atoms with E-state index in [0.717, 1.165) is 30.0 Å². The van der Waals surface area contributed by atoms with Crippen molar-refractivity contribution >= 4 is 0 Å². The largest absolute Gasteiger partial charge is 0.376 e. The lowest BCUT2D eigenvalue weighted by Gasteiger charge is -2.27. The molecule has 0 amide bonds. The molecular weight excluding hydrogens is 290 g/mol. The second-order valence-electron chi connectivity index (χ2n) is 5.99. The highest BCUT2D eigenvalue weighted by atomic mass is 16.6. The zero-order valence-electron chi connectivity index (χ0n) is 13.7. The van der Waals surface area contributed by atoms with Gasteiger partial charge in [-0.3, -0.25) is 4.90 Å². The van der Waals surface area contributed by atoms with Gasteiger partial charge in [-0.25, -0.2) is 9.97 Å². The zero-order valence-corrected chi connectivity index (χ0v) is 13.7. The van der Waals surface area contributed by atoms with Gasteiger partial charge in [-0.1, -0.05) is 24.3 Å². The van der Waals surface area contributed by atoms with Crippen molar-refractivity contribution in [2.75, 3.05) is 33.4 Å². The van der Waals surface area contributed by atoms with E-state index >= 15 is 0 Å². The first-order chi connectivity index (χ1) is 11.2. The molecule has 122 valence electrons. The van der Waals surface area contributed by atoms with E-state index in [1.165, 1.54) is 5.56 Å². The van der Waals surface area contributed by atoms with Crippen molar-refractivity contribution in [2.45, 2.75) is 19.6 Å². The lowest BCUT2D eigenvalue weighted by molar-refractivity contribution is -0.0962. The molecule has 1 aromatic carbocycles. The van der Waals surface area contributed by atoms with Crippen LogP contribution in [0.25, 0.3) is 11.4 Å². The summed E-state index contributed by atoms with van der Waals surface area (Å²) in [6, 6.07) is 8.17. The Hall–Kier alpha value is -1.82. The molecule has 0 aliphatic carbocycles. The van der Waals surface area contributed by atoms with Gasteiger partial charge in [0.05, 0.1) is 25.9 Å². The summed E-state index contributed by atoms with van der Waals surface area (Å²) in [5.41, 5.74) is 3.37. The number of benzene rings is 1. The molecule has 1 fully saturated rings. The Labute approximate surface area is 137 Å². The molecule has 1 atom stereocenters. The van der Waals surface area contributed by atoms with Gasteiger partial charge in [0.15, 0.2) is 5.82 Å². The van der Waals surface area contributed by atoms with E-state index in [1.54, 1.807) is 0 Å². The fourth-order valence-corrected chi connectivity index (χ4v) is 2.77. The average molecular weight is 313 g/mol. The number of aromatic nitrogens is 2. The molecule has 3 rings (SSSR count). The van der Waals surface area contributed by atoms with Crippen LogP contribution in [0.4, 0.5) is 0 Å². The number of likely N-dealkylation sites (N-methyl/N-ethyl adjacent to an activating group) is 1. The van der Waals surface area contributed by atoms with Crippen LogP contribution in [0.15, 0.2) is 36.7 Å². The van der Waals surface area contributed by atoms with Gasteiger partial charge in [-0.2, -0.15) is 0 Å². The van der Waals surface area contributed by atoms with E-state index in [1.807, 2.05) is 24.5 Å². The minimum Gasteiger partial charge on any atom is -0.376 e. The fourth-order valence-electron chi connectivity index (χ4n) is 2.77. The van der Waals surface area contributed by atoms with Crippen molar-refractivity contribution in [1.82, 2.24) is 14.9 Å². The minimum atomic E-state index is 0.154. The second-order valence-corrected chi connectivity index (χ2v) is 5.99. The zero-order chi connectivity index (χ0) is 16.1. The Kier molecular flexibility index (Phi) is 5.33. The SMILES string of the molecule is Cc1ccccc1-c1ncc(CN(C)CC2COCCO2)cn1. The molecule has 0 spiro atoms. The van der Waals surface area contributed by atoms with Crippen molar-refractivity contribution in [3.05, 3.63) is 47.8 Å². The summed E-state index contributed by atoms with van der Waals surface area (Å²) < 4.78 is 11.1. The number of nitrogens with zero attached hydrogens (tertiary/aromatic N) is 3. The fraction of sp³-hybridized carbons (Fsp3) is 0.444. The van der Waals surface area contributed by atoms with Crippen LogP contribution in [0.3, 0.4) is 0 Å². The molecule has 5 heteroatoms. The third-order valence-electron chi connectivity index (χ3n) is 3.94. The summed E-state index contributed by atoms with van der Waals surface area (Å²) in [5.74, 6) is 0.776. The highest BCUT2D eigenvalue weighted by Crippen LogP contribution is 2.18. The molecule has 0 N–H and O–H groups in total. The Bertz CT molecular complexity index is 624. The summed E-state index contributed by atoms with van der Waals surface area (Å²) in [6.07, 6.45) is 3.97. The summed E-state index contributed by atoms with van der Waals surface area (Å²) in [5, 5.41) is 0. The van der Waals surface area contributed by atoms with E-state index in [0.29, 0.717) is 19.8 Å². The van der Waals surface area contributed by atoms with Crippen LogP contribution >= 0.6 is 0 Å². The minimum absolute atomic E-state index is 0.154. The third kappa shape index (κ3) is 4.34. The third-order valence-corrected chi connectivity index (χ3v) is 3.94. The van der Waals surface area contributed by atoms with Crippen molar-refractivity contribution in [1.29, 1.82) is 0 Å². The summed E-state index contributed by atoms with van der Waals surface area (Å²) in [7, 11) is 2.08. The van der Waals surface area contributed by atoms with E-state index in [2.05, 4.69) is 41.0 Å². The van der Waals surface area contributed by atoms with Gasteiger partial charge in [0.2, 0.25) is 0 Å². The number of hydrogen-bond donors (Lipinski definition) is 0. The van der Waals surface area contributed by atoms with Crippen LogP contribution in [0.1, 0.15) is 11.1 Å². The van der Waals surface area contributed by atoms with Crippen LogP contribution in [-0.2, 0) is 16.0 Å². The average Bonchev–Trinajstić information content (AvgIpc) is 2.57. The van der Waals surface area contributed by atoms with E-state index in [-0.39, 0.29) is 6.10 Å². The number of aryl methyl sites for hydroxylation is 1. The van der Waals surface area contributed by atoms with Gasteiger partial charge in [-0.05, 0) is 19.5 Å². The Morgan fingerprint density at radius 2 is 1.96 bits per heavy atom. The predicted molar refractivity (Wildman–Crippen MR) is 89.1 cm³/mol. The molecule has 1 aliphatic heterocycles. The normalized spacial score (nSPS) is 18.3. The first-order valence-electron chi connectivity index (χ1n) is 7.97. The molecule has 1 aromatic heterocycles. The van der Waals surface area contributed by atoms with Crippen LogP contribution in [0, 0.1) is 6.92 Å². The maximum absolute atomic E-state index is 5.68. The molecule has 0 saturated carbocycles. The van der Waals surface area contributed by atoms with E-state index in [4.69, 9.17) is 9.47 Å². The first-order valence-corrected chi connectivity index (χ1v) is 7.97. The Morgan fingerprint density at radius 1 is 1.17 bits per heavy atom. The molecule has 1 saturated heterocycles. The predicted octanol–water partition coefficient (Wildman–Crippen LogP) is 2.30. The van der Waals surface area contributed by atoms with Crippen molar-refractivity contribution in [2.24, 2.45) is 0 Å². The van der Waals surface area contributed by atoms with Gasteiger partial charge in [-0.15, -0.1) is 0 Å². The van der Waals surface area contributed by atoms with Crippen LogP contribution < -0.4 is 0 Å². The summed E-state index contributed by atoms with van der Waals surface area (Å²) >= 11 is 0. The highest BCUT2D eigenvalue weighted by molar-refractivity contribution is 5.59. The number of hydrogen-bond acceptors (Lipinski definition) is 5. The molecule has 5 nitrogen and oxygen atoms in total. The highest BCUT2D eigenvalue weighted by Gasteiger charge is 2.16. The first kappa shape index (κ1) is 16.1. The van der Waals surface area contributed by atoms with Gasteiger partial charge < -0.3 is 9.47 Å². The topological polar surface area (TPSA) is 47.5 Å².